The normalized spacial score (nSPS) is 12.6. The Morgan fingerprint density at radius 3 is 2.75 bits per heavy atom. The lowest BCUT2D eigenvalue weighted by Crippen LogP contribution is -2.32. The van der Waals surface area contributed by atoms with E-state index in [0.717, 1.165) is 35.6 Å². The summed E-state index contributed by atoms with van der Waals surface area (Å²) >= 11 is 1.26. The number of hydrogen-bond donors (Lipinski definition) is 1. The third kappa shape index (κ3) is 5.28. The molecular formula is C20H25N3O4S. The molecule has 1 N–H and O–H groups in total. The van der Waals surface area contributed by atoms with Crippen LogP contribution in [0.15, 0.2) is 34.2 Å². The van der Waals surface area contributed by atoms with Crippen molar-refractivity contribution in [1.82, 2.24) is 14.9 Å². The molecule has 1 aliphatic rings. The minimum absolute atomic E-state index is 0.00840. The van der Waals surface area contributed by atoms with Crippen LogP contribution in [0, 0.1) is 0 Å². The first-order valence-corrected chi connectivity index (χ1v) is 10.5. The highest BCUT2D eigenvalue weighted by Gasteiger charge is 2.16. The van der Waals surface area contributed by atoms with Crippen molar-refractivity contribution >= 4 is 17.7 Å². The number of carbonyl (C=O) groups excluding carboxylic acids is 1. The van der Waals surface area contributed by atoms with E-state index in [1.165, 1.54) is 17.8 Å². The highest BCUT2D eigenvalue weighted by Crippen LogP contribution is 2.31. The van der Waals surface area contributed by atoms with Crippen molar-refractivity contribution in [3.8, 4) is 11.5 Å². The van der Waals surface area contributed by atoms with Gasteiger partial charge in [-0.25, -0.2) is 4.98 Å². The number of rotatable bonds is 8. The highest BCUT2D eigenvalue weighted by atomic mass is 32.2. The Balaban J connectivity index is 1.61. The Bertz CT molecular complexity index is 884. The summed E-state index contributed by atoms with van der Waals surface area (Å²) in [5, 5.41) is 0.486. The first kappa shape index (κ1) is 20.3. The predicted molar refractivity (Wildman–Crippen MR) is 108 cm³/mol. The maximum atomic E-state index is 12.7. The molecule has 1 amide bonds. The number of nitrogens with one attached hydrogen (secondary N) is 1. The SMILES string of the molecule is CCCc1cc(=O)[nH]c(SCC(=O)N(CC)Cc2ccc3c(c2)OCCO3)n1. The van der Waals surface area contributed by atoms with E-state index in [9.17, 15) is 9.59 Å². The molecule has 1 aliphatic heterocycles. The minimum atomic E-state index is -0.183. The summed E-state index contributed by atoms with van der Waals surface area (Å²) in [5.74, 6) is 1.67. The van der Waals surface area contributed by atoms with Gasteiger partial charge in [0.05, 0.1) is 5.75 Å². The van der Waals surface area contributed by atoms with Crippen molar-refractivity contribution in [1.29, 1.82) is 0 Å². The Kier molecular flexibility index (Phi) is 6.97. The highest BCUT2D eigenvalue weighted by molar-refractivity contribution is 7.99. The van der Waals surface area contributed by atoms with Crippen molar-refractivity contribution in [3.63, 3.8) is 0 Å². The van der Waals surface area contributed by atoms with Crippen LogP contribution in [0.2, 0.25) is 0 Å². The molecule has 0 unspecified atom stereocenters. The third-order valence-corrected chi connectivity index (χ3v) is 5.18. The van der Waals surface area contributed by atoms with Gasteiger partial charge in [-0.2, -0.15) is 0 Å². The lowest BCUT2D eigenvalue weighted by Gasteiger charge is -2.23. The number of amides is 1. The van der Waals surface area contributed by atoms with Crippen molar-refractivity contribution in [3.05, 3.63) is 45.9 Å². The molecule has 0 saturated heterocycles. The largest absolute Gasteiger partial charge is 0.486 e. The zero-order valence-electron chi connectivity index (χ0n) is 16.2. The number of aromatic nitrogens is 2. The van der Waals surface area contributed by atoms with Crippen LogP contribution < -0.4 is 15.0 Å². The Morgan fingerprint density at radius 2 is 2.00 bits per heavy atom. The zero-order chi connectivity index (χ0) is 19.9. The number of hydrogen-bond acceptors (Lipinski definition) is 6. The van der Waals surface area contributed by atoms with Gasteiger partial charge in [0.1, 0.15) is 13.2 Å². The molecule has 0 fully saturated rings. The van der Waals surface area contributed by atoms with Crippen LogP contribution in [0.1, 0.15) is 31.5 Å². The predicted octanol–water partition coefficient (Wildman–Crippen LogP) is 2.63. The third-order valence-electron chi connectivity index (χ3n) is 4.33. The fourth-order valence-electron chi connectivity index (χ4n) is 2.94. The van der Waals surface area contributed by atoms with E-state index in [1.54, 1.807) is 4.90 Å². The van der Waals surface area contributed by atoms with Crippen molar-refractivity contribution in [2.45, 2.75) is 38.4 Å². The molecule has 1 aromatic carbocycles. The standard InChI is InChI=1S/C20H25N3O4S/c1-3-5-15-11-18(24)22-20(21-15)28-13-19(25)23(4-2)12-14-6-7-16-17(10-14)27-9-8-26-16/h6-7,10-11H,3-5,8-9,12-13H2,1-2H3,(H,21,22,24). The van der Waals surface area contributed by atoms with E-state index < -0.39 is 0 Å². The summed E-state index contributed by atoms with van der Waals surface area (Å²) in [4.78, 5) is 33.3. The van der Waals surface area contributed by atoms with Crippen LogP contribution in [0.3, 0.4) is 0 Å². The molecule has 7 nitrogen and oxygen atoms in total. The van der Waals surface area contributed by atoms with Crippen molar-refractivity contribution in [2.75, 3.05) is 25.5 Å². The van der Waals surface area contributed by atoms with Crippen LogP contribution in [0.5, 0.6) is 11.5 Å². The molecule has 8 heteroatoms. The fraction of sp³-hybridized carbons (Fsp3) is 0.450. The first-order valence-electron chi connectivity index (χ1n) is 9.48. The zero-order valence-corrected chi connectivity index (χ0v) is 17.0. The number of ether oxygens (including phenoxy) is 2. The lowest BCUT2D eigenvalue weighted by molar-refractivity contribution is -0.128. The maximum absolute atomic E-state index is 12.7. The average Bonchev–Trinajstić information content (AvgIpc) is 2.70. The average molecular weight is 404 g/mol. The van der Waals surface area contributed by atoms with Gasteiger partial charge in [-0.1, -0.05) is 31.2 Å². The van der Waals surface area contributed by atoms with Crippen LogP contribution in [0.25, 0.3) is 0 Å². The van der Waals surface area contributed by atoms with Crippen LogP contribution in [-0.4, -0.2) is 46.3 Å². The molecule has 0 radical (unpaired) electrons. The number of thioether (sulfide) groups is 1. The number of carbonyl (C=O) groups is 1. The summed E-state index contributed by atoms with van der Waals surface area (Å²) < 4.78 is 11.1. The van der Waals surface area contributed by atoms with Crippen LogP contribution in [-0.2, 0) is 17.8 Å². The second-order valence-electron chi connectivity index (χ2n) is 6.47. The van der Waals surface area contributed by atoms with E-state index in [1.807, 2.05) is 32.0 Å². The monoisotopic (exact) mass is 403 g/mol. The number of H-pyrrole nitrogens is 1. The topological polar surface area (TPSA) is 84.5 Å². The van der Waals surface area contributed by atoms with E-state index in [-0.39, 0.29) is 17.2 Å². The van der Waals surface area contributed by atoms with Gasteiger partial charge >= 0.3 is 0 Å². The summed E-state index contributed by atoms with van der Waals surface area (Å²) in [6.07, 6.45) is 1.66. The first-order chi connectivity index (χ1) is 13.6. The molecule has 1 aromatic heterocycles. The molecule has 0 spiro atoms. The quantitative estimate of drug-likeness (QED) is 0.539. The molecular weight excluding hydrogens is 378 g/mol. The Morgan fingerprint density at radius 1 is 1.21 bits per heavy atom. The van der Waals surface area contributed by atoms with Gasteiger partial charge in [0.25, 0.3) is 5.56 Å². The molecule has 3 rings (SSSR count). The van der Waals surface area contributed by atoms with Crippen molar-refractivity contribution < 1.29 is 14.3 Å². The summed E-state index contributed by atoms with van der Waals surface area (Å²) in [7, 11) is 0. The number of aryl methyl sites for hydroxylation is 1. The lowest BCUT2D eigenvalue weighted by atomic mass is 10.2. The second-order valence-corrected chi connectivity index (χ2v) is 7.43. The van der Waals surface area contributed by atoms with Gasteiger partial charge in [0.2, 0.25) is 5.91 Å². The summed E-state index contributed by atoms with van der Waals surface area (Å²) in [6, 6.07) is 7.26. The maximum Gasteiger partial charge on any atom is 0.251 e. The molecule has 0 bridgehead atoms. The van der Waals surface area contributed by atoms with Gasteiger partial charge in [0.15, 0.2) is 16.7 Å². The molecule has 0 aliphatic carbocycles. The van der Waals surface area contributed by atoms with E-state index in [4.69, 9.17) is 9.47 Å². The number of aromatic amines is 1. The molecule has 2 heterocycles. The molecule has 28 heavy (non-hydrogen) atoms. The minimum Gasteiger partial charge on any atom is -0.486 e. The van der Waals surface area contributed by atoms with Crippen LogP contribution in [0.4, 0.5) is 0 Å². The Labute approximate surface area is 168 Å². The Hall–Kier alpha value is -2.48. The smallest absolute Gasteiger partial charge is 0.251 e. The van der Waals surface area contributed by atoms with E-state index in [0.29, 0.717) is 31.5 Å². The fourth-order valence-corrected chi connectivity index (χ4v) is 3.74. The van der Waals surface area contributed by atoms with Crippen LogP contribution >= 0.6 is 11.8 Å². The van der Waals surface area contributed by atoms with E-state index in [2.05, 4.69) is 9.97 Å². The molecule has 0 saturated carbocycles. The molecule has 150 valence electrons. The van der Waals surface area contributed by atoms with Gasteiger partial charge in [-0.3, -0.25) is 9.59 Å². The summed E-state index contributed by atoms with van der Waals surface area (Å²) in [5.41, 5.74) is 1.56. The number of nitrogens with zero attached hydrogens (tertiary/aromatic N) is 2. The van der Waals surface area contributed by atoms with Gasteiger partial charge in [-0.15, -0.1) is 0 Å². The number of fused-ring (bicyclic) bond motifs is 1. The van der Waals surface area contributed by atoms with Gasteiger partial charge in [0, 0.05) is 24.8 Å². The number of benzene rings is 1. The van der Waals surface area contributed by atoms with Gasteiger partial charge < -0.3 is 19.4 Å². The summed E-state index contributed by atoms with van der Waals surface area (Å²) in [6.45, 7) is 6.16. The van der Waals surface area contributed by atoms with Gasteiger partial charge in [-0.05, 0) is 31.0 Å². The van der Waals surface area contributed by atoms with E-state index >= 15 is 0 Å². The van der Waals surface area contributed by atoms with Crippen molar-refractivity contribution in [2.24, 2.45) is 0 Å². The second kappa shape index (κ2) is 9.64. The molecule has 2 aromatic rings. The molecule has 0 atom stereocenters.